The summed E-state index contributed by atoms with van der Waals surface area (Å²) in [5, 5.41) is 3.35. The van der Waals surface area contributed by atoms with Gasteiger partial charge in [0.1, 0.15) is 17.5 Å². The van der Waals surface area contributed by atoms with Gasteiger partial charge in [0, 0.05) is 36.7 Å². The number of piperazine rings is 1. The maximum atomic E-state index is 10.8. The molecular weight excluding hydrogens is 370 g/mol. The third-order valence-corrected chi connectivity index (χ3v) is 4.66. The zero-order valence-corrected chi connectivity index (χ0v) is 15.4. The molecule has 1 amide bonds. The minimum atomic E-state index is 0.719. The van der Waals surface area contributed by atoms with Crippen molar-refractivity contribution < 1.29 is 4.79 Å². The molecule has 0 atom stereocenters. The Balaban J connectivity index is 1.80. The SMILES string of the molecule is Cc1ccc(Nc2cc(N3CCN(C=O)CC3)nc(C)n2)c(Br)c1. The van der Waals surface area contributed by atoms with Crippen LogP contribution in [0.2, 0.25) is 0 Å². The first-order valence-corrected chi connectivity index (χ1v) is 8.67. The fraction of sp³-hybridized carbons (Fsp3) is 0.353. The van der Waals surface area contributed by atoms with E-state index in [0.29, 0.717) is 0 Å². The first kappa shape index (κ1) is 16.7. The molecule has 1 aromatic carbocycles. The predicted molar refractivity (Wildman–Crippen MR) is 98.8 cm³/mol. The summed E-state index contributed by atoms with van der Waals surface area (Å²) in [4.78, 5) is 23.8. The lowest BCUT2D eigenvalue weighted by atomic mass is 10.2. The maximum Gasteiger partial charge on any atom is 0.209 e. The van der Waals surface area contributed by atoms with Crippen molar-refractivity contribution in [1.29, 1.82) is 0 Å². The molecule has 1 aromatic heterocycles. The summed E-state index contributed by atoms with van der Waals surface area (Å²) in [5.41, 5.74) is 2.16. The number of nitrogens with zero attached hydrogens (tertiary/aromatic N) is 4. The zero-order chi connectivity index (χ0) is 17.1. The van der Waals surface area contributed by atoms with Crippen molar-refractivity contribution in [3.8, 4) is 0 Å². The molecule has 0 bridgehead atoms. The van der Waals surface area contributed by atoms with E-state index >= 15 is 0 Å². The predicted octanol–water partition coefficient (Wildman–Crippen LogP) is 2.88. The van der Waals surface area contributed by atoms with Crippen LogP contribution in [0, 0.1) is 13.8 Å². The minimum absolute atomic E-state index is 0.719. The number of aromatic nitrogens is 2. The molecule has 0 saturated carbocycles. The molecule has 1 fully saturated rings. The molecule has 1 aliphatic rings. The summed E-state index contributed by atoms with van der Waals surface area (Å²) in [6.07, 6.45) is 0.907. The van der Waals surface area contributed by atoms with E-state index in [1.807, 2.05) is 19.1 Å². The van der Waals surface area contributed by atoms with Gasteiger partial charge in [-0.25, -0.2) is 9.97 Å². The summed E-state index contributed by atoms with van der Waals surface area (Å²) in [7, 11) is 0. The first-order chi connectivity index (χ1) is 11.5. The van der Waals surface area contributed by atoms with Crippen molar-refractivity contribution in [2.24, 2.45) is 0 Å². The van der Waals surface area contributed by atoms with Crippen molar-refractivity contribution in [1.82, 2.24) is 14.9 Å². The lowest BCUT2D eigenvalue weighted by Crippen LogP contribution is -2.46. The second kappa shape index (κ2) is 7.17. The highest BCUT2D eigenvalue weighted by atomic mass is 79.9. The van der Waals surface area contributed by atoms with Gasteiger partial charge in [-0.1, -0.05) is 6.07 Å². The summed E-state index contributed by atoms with van der Waals surface area (Å²) in [5.74, 6) is 2.37. The van der Waals surface area contributed by atoms with Gasteiger partial charge in [0.2, 0.25) is 6.41 Å². The monoisotopic (exact) mass is 389 g/mol. The van der Waals surface area contributed by atoms with Gasteiger partial charge < -0.3 is 15.1 Å². The number of benzene rings is 1. The lowest BCUT2D eigenvalue weighted by Gasteiger charge is -2.33. The molecule has 0 spiro atoms. The van der Waals surface area contributed by atoms with Crippen molar-refractivity contribution in [2.75, 3.05) is 36.4 Å². The first-order valence-electron chi connectivity index (χ1n) is 7.88. The van der Waals surface area contributed by atoms with Crippen molar-refractivity contribution in [3.05, 3.63) is 40.1 Å². The average Bonchev–Trinajstić information content (AvgIpc) is 2.57. The van der Waals surface area contributed by atoms with Crippen LogP contribution in [-0.2, 0) is 4.79 Å². The molecule has 2 aromatic rings. The zero-order valence-electron chi connectivity index (χ0n) is 13.8. The standard InChI is InChI=1S/C17H20BrN5O/c1-12-3-4-15(14(18)9-12)21-16-10-17(20-13(2)19-16)23-7-5-22(11-24)6-8-23/h3-4,9-11H,5-8H2,1-2H3,(H,19,20,21). The van der Waals surface area contributed by atoms with E-state index in [-0.39, 0.29) is 0 Å². The van der Waals surface area contributed by atoms with Crippen LogP contribution in [-0.4, -0.2) is 47.5 Å². The van der Waals surface area contributed by atoms with Crippen LogP contribution in [0.4, 0.5) is 17.3 Å². The minimum Gasteiger partial charge on any atom is -0.353 e. The van der Waals surface area contributed by atoms with E-state index in [2.05, 4.69) is 55.2 Å². The van der Waals surface area contributed by atoms with Gasteiger partial charge in [0.25, 0.3) is 0 Å². The van der Waals surface area contributed by atoms with E-state index in [4.69, 9.17) is 0 Å². The van der Waals surface area contributed by atoms with Gasteiger partial charge in [-0.15, -0.1) is 0 Å². The Morgan fingerprint density at radius 1 is 1.12 bits per heavy atom. The van der Waals surface area contributed by atoms with Gasteiger partial charge in [-0.2, -0.15) is 0 Å². The van der Waals surface area contributed by atoms with Gasteiger partial charge in [-0.3, -0.25) is 4.79 Å². The number of anilines is 3. The molecule has 0 unspecified atom stereocenters. The molecule has 7 heteroatoms. The van der Waals surface area contributed by atoms with Gasteiger partial charge in [-0.05, 0) is 47.5 Å². The quantitative estimate of drug-likeness (QED) is 0.814. The van der Waals surface area contributed by atoms with E-state index in [0.717, 1.165) is 60.2 Å². The second-order valence-corrected chi connectivity index (χ2v) is 6.75. The van der Waals surface area contributed by atoms with Crippen LogP contribution in [0.5, 0.6) is 0 Å². The molecule has 0 radical (unpaired) electrons. The van der Waals surface area contributed by atoms with Gasteiger partial charge in [0.05, 0.1) is 5.69 Å². The number of aryl methyl sites for hydroxylation is 2. The summed E-state index contributed by atoms with van der Waals surface area (Å²) in [6.45, 7) is 6.95. The highest BCUT2D eigenvalue weighted by molar-refractivity contribution is 9.10. The molecule has 1 N–H and O–H groups in total. The Hall–Kier alpha value is -2.15. The molecule has 3 rings (SSSR count). The topological polar surface area (TPSA) is 61.4 Å². The van der Waals surface area contributed by atoms with Gasteiger partial charge in [0.15, 0.2) is 0 Å². The number of amides is 1. The Morgan fingerprint density at radius 2 is 1.88 bits per heavy atom. The third kappa shape index (κ3) is 3.84. The largest absolute Gasteiger partial charge is 0.353 e. The number of halogens is 1. The Kier molecular flexibility index (Phi) is 4.99. The molecule has 1 saturated heterocycles. The summed E-state index contributed by atoms with van der Waals surface area (Å²) in [6, 6.07) is 8.10. The lowest BCUT2D eigenvalue weighted by molar-refractivity contribution is -0.118. The average molecular weight is 390 g/mol. The summed E-state index contributed by atoms with van der Waals surface area (Å²) >= 11 is 3.58. The number of carbonyl (C=O) groups is 1. The molecule has 2 heterocycles. The van der Waals surface area contributed by atoms with Gasteiger partial charge >= 0.3 is 0 Å². The van der Waals surface area contributed by atoms with Crippen LogP contribution in [0.25, 0.3) is 0 Å². The number of carbonyl (C=O) groups excluding carboxylic acids is 1. The Bertz CT molecular complexity index is 744. The Labute approximate surface area is 150 Å². The fourth-order valence-corrected chi connectivity index (χ4v) is 3.29. The highest BCUT2D eigenvalue weighted by Crippen LogP contribution is 2.27. The van der Waals surface area contributed by atoms with Crippen LogP contribution < -0.4 is 10.2 Å². The van der Waals surface area contributed by atoms with Crippen molar-refractivity contribution in [2.45, 2.75) is 13.8 Å². The normalized spacial score (nSPS) is 14.6. The van der Waals surface area contributed by atoms with E-state index in [1.54, 1.807) is 4.90 Å². The highest BCUT2D eigenvalue weighted by Gasteiger charge is 2.18. The number of hydrogen-bond acceptors (Lipinski definition) is 5. The fourth-order valence-electron chi connectivity index (χ4n) is 2.69. The molecule has 1 aliphatic heterocycles. The molecule has 126 valence electrons. The van der Waals surface area contributed by atoms with Crippen LogP contribution in [0.15, 0.2) is 28.7 Å². The van der Waals surface area contributed by atoms with Crippen LogP contribution in [0.3, 0.4) is 0 Å². The molecule has 24 heavy (non-hydrogen) atoms. The van der Waals surface area contributed by atoms with E-state index in [9.17, 15) is 4.79 Å². The smallest absolute Gasteiger partial charge is 0.209 e. The molecule has 6 nitrogen and oxygen atoms in total. The molecule has 0 aliphatic carbocycles. The Morgan fingerprint density at radius 3 is 2.54 bits per heavy atom. The number of hydrogen-bond donors (Lipinski definition) is 1. The summed E-state index contributed by atoms with van der Waals surface area (Å²) < 4.78 is 1.000. The van der Waals surface area contributed by atoms with E-state index < -0.39 is 0 Å². The van der Waals surface area contributed by atoms with Crippen molar-refractivity contribution >= 4 is 39.7 Å². The third-order valence-electron chi connectivity index (χ3n) is 4.00. The molecular formula is C17H20BrN5O. The maximum absolute atomic E-state index is 10.8. The van der Waals surface area contributed by atoms with E-state index in [1.165, 1.54) is 5.56 Å². The number of nitrogens with one attached hydrogen (secondary N) is 1. The van der Waals surface area contributed by atoms with Crippen LogP contribution in [0.1, 0.15) is 11.4 Å². The number of rotatable bonds is 4. The van der Waals surface area contributed by atoms with Crippen molar-refractivity contribution in [3.63, 3.8) is 0 Å². The second-order valence-electron chi connectivity index (χ2n) is 5.90. The van der Waals surface area contributed by atoms with Crippen LogP contribution >= 0.6 is 15.9 Å².